The summed E-state index contributed by atoms with van der Waals surface area (Å²) < 4.78 is 35.7. The van der Waals surface area contributed by atoms with Crippen molar-refractivity contribution in [2.75, 3.05) is 30.8 Å². The highest BCUT2D eigenvalue weighted by Gasteiger charge is 2.41. The van der Waals surface area contributed by atoms with Crippen LogP contribution in [-0.4, -0.2) is 46.7 Å². The van der Waals surface area contributed by atoms with Crippen LogP contribution in [0.25, 0.3) is 0 Å². The Labute approximate surface area is 175 Å². The van der Waals surface area contributed by atoms with Crippen LogP contribution in [-0.2, 0) is 21.2 Å². The van der Waals surface area contributed by atoms with Crippen LogP contribution in [0.15, 0.2) is 42.5 Å². The first kappa shape index (κ1) is 21.6. The predicted octanol–water partition coefficient (Wildman–Crippen LogP) is 1.99. The molecule has 0 aromatic heterocycles. The highest BCUT2D eigenvalue weighted by Crippen LogP contribution is 2.28. The van der Waals surface area contributed by atoms with E-state index < -0.39 is 21.8 Å². The normalized spacial score (nSPS) is 17.6. The van der Waals surface area contributed by atoms with Crippen LogP contribution in [0.1, 0.15) is 22.8 Å². The maximum absolute atomic E-state index is 12.4. The SMILES string of the molecule is COc1ccc(OC)c(CCNC(=O)c2ccc(N3C(=O)C(C)CS3(=O)=O)cc2)c1. The Kier molecular flexibility index (Phi) is 6.31. The average molecular weight is 432 g/mol. The van der Waals surface area contributed by atoms with Gasteiger partial charge in [-0.1, -0.05) is 6.92 Å². The number of hydrogen-bond donors (Lipinski definition) is 1. The molecule has 30 heavy (non-hydrogen) atoms. The highest BCUT2D eigenvalue weighted by atomic mass is 32.2. The number of ether oxygens (including phenoxy) is 2. The van der Waals surface area contributed by atoms with E-state index >= 15 is 0 Å². The maximum Gasteiger partial charge on any atom is 0.251 e. The summed E-state index contributed by atoms with van der Waals surface area (Å²) in [6.45, 7) is 1.96. The summed E-state index contributed by atoms with van der Waals surface area (Å²) in [5, 5.41) is 2.82. The Hall–Kier alpha value is -3.07. The van der Waals surface area contributed by atoms with E-state index in [0.29, 0.717) is 30.0 Å². The molecule has 160 valence electrons. The van der Waals surface area contributed by atoms with E-state index in [1.54, 1.807) is 27.2 Å². The Morgan fingerprint density at radius 1 is 1.13 bits per heavy atom. The molecule has 0 spiro atoms. The quantitative estimate of drug-likeness (QED) is 0.718. The second kappa shape index (κ2) is 8.74. The summed E-state index contributed by atoms with van der Waals surface area (Å²) in [5.74, 6) is -0.131. The number of methoxy groups -OCH3 is 2. The Bertz CT molecular complexity index is 1050. The van der Waals surface area contributed by atoms with Crippen molar-refractivity contribution in [3.8, 4) is 11.5 Å². The van der Waals surface area contributed by atoms with Gasteiger partial charge in [0.05, 0.1) is 31.6 Å². The van der Waals surface area contributed by atoms with Crippen molar-refractivity contribution in [3.05, 3.63) is 53.6 Å². The van der Waals surface area contributed by atoms with Crippen molar-refractivity contribution >= 4 is 27.5 Å². The van der Waals surface area contributed by atoms with Gasteiger partial charge in [-0.25, -0.2) is 12.7 Å². The molecule has 1 aliphatic heterocycles. The van der Waals surface area contributed by atoms with Crippen molar-refractivity contribution < 1.29 is 27.5 Å². The van der Waals surface area contributed by atoms with Gasteiger partial charge in [0, 0.05) is 12.1 Å². The zero-order valence-electron chi connectivity index (χ0n) is 17.0. The van der Waals surface area contributed by atoms with Gasteiger partial charge in [0.1, 0.15) is 11.5 Å². The Balaban J connectivity index is 1.64. The number of rotatable bonds is 7. The molecule has 1 saturated heterocycles. The minimum atomic E-state index is -3.67. The minimum Gasteiger partial charge on any atom is -0.497 e. The number of carbonyl (C=O) groups is 2. The number of sulfonamides is 1. The monoisotopic (exact) mass is 432 g/mol. The summed E-state index contributed by atoms with van der Waals surface area (Å²) in [5.41, 5.74) is 1.51. The topological polar surface area (TPSA) is 102 Å². The summed E-state index contributed by atoms with van der Waals surface area (Å²) >= 11 is 0. The Morgan fingerprint density at radius 3 is 2.40 bits per heavy atom. The molecule has 9 heteroatoms. The number of nitrogens with one attached hydrogen (secondary N) is 1. The molecular weight excluding hydrogens is 408 g/mol. The van der Waals surface area contributed by atoms with Gasteiger partial charge in [-0.3, -0.25) is 9.59 Å². The van der Waals surface area contributed by atoms with Crippen LogP contribution in [0.2, 0.25) is 0 Å². The fourth-order valence-corrected chi connectivity index (χ4v) is 5.15. The minimum absolute atomic E-state index is 0.207. The van der Waals surface area contributed by atoms with Crippen LogP contribution in [0.3, 0.4) is 0 Å². The Morgan fingerprint density at radius 2 is 1.83 bits per heavy atom. The zero-order chi connectivity index (χ0) is 21.9. The molecule has 0 aliphatic carbocycles. The number of benzene rings is 2. The number of nitrogens with zero attached hydrogens (tertiary/aromatic N) is 1. The summed E-state index contributed by atoms with van der Waals surface area (Å²) in [7, 11) is -0.505. The van der Waals surface area contributed by atoms with E-state index in [9.17, 15) is 18.0 Å². The van der Waals surface area contributed by atoms with Gasteiger partial charge < -0.3 is 14.8 Å². The average Bonchev–Trinajstić information content (AvgIpc) is 2.94. The van der Waals surface area contributed by atoms with Gasteiger partial charge in [-0.2, -0.15) is 0 Å². The molecule has 0 saturated carbocycles. The first-order valence-electron chi connectivity index (χ1n) is 9.43. The largest absolute Gasteiger partial charge is 0.497 e. The highest BCUT2D eigenvalue weighted by molar-refractivity contribution is 7.94. The lowest BCUT2D eigenvalue weighted by Gasteiger charge is -2.15. The second-order valence-electron chi connectivity index (χ2n) is 7.01. The molecule has 0 bridgehead atoms. The lowest BCUT2D eigenvalue weighted by molar-refractivity contribution is -0.119. The van der Waals surface area contributed by atoms with Crippen molar-refractivity contribution in [1.29, 1.82) is 0 Å². The zero-order valence-corrected chi connectivity index (χ0v) is 17.9. The van der Waals surface area contributed by atoms with E-state index in [2.05, 4.69) is 5.32 Å². The smallest absolute Gasteiger partial charge is 0.251 e. The number of amides is 2. The van der Waals surface area contributed by atoms with Crippen LogP contribution in [0.4, 0.5) is 5.69 Å². The number of hydrogen-bond acceptors (Lipinski definition) is 6. The first-order valence-corrected chi connectivity index (χ1v) is 11.0. The van der Waals surface area contributed by atoms with Gasteiger partial charge in [-0.15, -0.1) is 0 Å². The van der Waals surface area contributed by atoms with Gasteiger partial charge in [0.2, 0.25) is 15.9 Å². The third-order valence-electron chi connectivity index (χ3n) is 4.89. The molecule has 1 N–H and O–H groups in total. The third-order valence-corrected chi connectivity index (χ3v) is 6.76. The fraction of sp³-hybridized carbons (Fsp3) is 0.333. The van der Waals surface area contributed by atoms with Crippen LogP contribution >= 0.6 is 0 Å². The standard InChI is InChI=1S/C21H24N2O6S/c1-14-13-30(26,27)23(21(14)25)17-6-4-15(5-7-17)20(24)22-11-10-16-12-18(28-2)8-9-19(16)29-3/h4-9,12,14H,10-11,13H2,1-3H3,(H,22,24). The molecule has 2 amide bonds. The van der Waals surface area contributed by atoms with E-state index in [4.69, 9.17) is 9.47 Å². The first-order chi connectivity index (χ1) is 14.3. The molecule has 8 nitrogen and oxygen atoms in total. The van der Waals surface area contributed by atoms with E-state index in [1.807, 2.05) is 12.1 Å². The van der Waals surface area contributed by atoms with Gasteiger partial charge >= 0.3 is 0 Å². The number of anilines is 1. The van der Waals surface area contributed by atoms with Crippen molar-refractivity contribution in [2.24, 2.45) is 5.92 Å². The van der Waals surface area contributed by atoms with Crippen LogP contribution in [0, 0.1) is 5.92 Å². The lowest BCUT2D eigenvalue weighted by Crippen LogP contribution is -2.30. The third kappa shape index (κ3) is 4.40. The molecule has 1 heterocycles. The van der Waals surface area contributed by atoms with Crippen molar-refractivity contribution in [1.82, 2.24) is 5.32 Å². The van der Waals surface area contributed by atoms with Crippen LogP contribution in [0.5, 0.6) is 11.5 Å². The van der Waals surface area contributed by atoms with Gasteiger partial charge in [0.25, 0.3) is 5.91 Å². The summed E-state index contributed by atoms with van der Waals surface area (Å²) in [6, 6.07) is 11.4. The second-order valence-corrected chi connectivity index (χ2v) is 8.88. The summed E-state index contributed by atoms with van der Waals surface area (Å²) in [4.78, 5) is 24.6. The molecule has 2 aromatic carbocycles. The molecule has 1 aliphatic rings. The molecule has 1 atom stereocenters. The van der Waals surface area contributed by atoms with Crippen molar-refractivity contribution in [2.45, 2.75) is 13.3 Å². The van der Waals surface area contributed by atoms with E-state index in [-0.39, 0.29) is 17.3 Å². The molecule has 1 fully saturated rings. The molecule has 1 unspecified atom stereocenters. The van der Waals surface area contributed by atoms with Gasteiger partial charge in [0.15, 0.2) is 0 Å². The summed E-state index contributed by atoms with van der Waals surface area (Å²) in [6.07, 6.45) is 0.544. The molecule has 2 aromatic rings. The molecule has 0 radical (unpaired) electrons. The predicted molar refractivity (Wildman–Crippen MR) is 112 cm³/mol. The van der Waals surface area contributed by atoms with Crippen molar-refractivity contribution in [3.63, 3.8) is 0 Å². The molecular formula is C21H24N2O6S. The lowest BCUT2D eigenvalue weighted by atomic mass is 10.1. The van der Waals surface area contributed by atoms with Crippen LogP contribution < -0.4 is 19.1 Å². The molecule has 3 rings (SSSR count). The number of carbonyl (C=O) groups excluding carboxylic acids is 2. The van der Waals surface area contributed by atoms with E-state index in [0.717, 1.165) is 9.87 Å². The van der Waals surface area contributed by atoms with E-state index in [1.165, 1.54) is 24.3 Å². The maximum atomic E-state index is 12.4. The fourth-order valence-electron chi connectivity index (χ4n) is 3.33. The van der Waals surface area contributed by atoms with Gasteiger partial charge in [-0.05, 0) is 54.4 Å².